The van der Waals surface area contributed by atoms with Crippen LogP contribution in [0.25, 0.3) is 11.3 Å². The number of carboxylic acid groups (broad SMARTS) is 1. The molecule has 8 aromatic rings. The highest BCUT2D eigenvalue weighted by Crippen LogP contribution is 2.33. The van der Waals surface area contributed by atoms with Gasteiger partial charge < -0.3 is 59.9 Å². The third-order valence-electron chi connectivity index (χ3n) is 13.1. The molecule has 0 spiro atoms. The Labute approximate surface area is 460 Å². The number of imidazole rings is 2. The van der Waals surface area contributed by atoms with E-state index in [1.165, 1.54) is 26.4 Å². The molecule has 24 nitrogen and oxygen atoms in total. The molecule has 0 radical (unpaired) electrons. The molecule has 10 rings (SSSR count). The molecular formula is C56H62N14O10. The lowest BCUT2D eigenvalue weighted by molar-refractivity contribution is -0.120. The first-order chi connectivity index (χ1) is 38.6. The van der Waals surface area contributed by atoms with E-state index < -0.39 is 17.5 Å². The molecule has 0 saturated carbocycles. The van der Waals surface area contributed by atoms with E-state index >= 15 is 0 Å². The van der Waals surface area contributed by atoms with Gasteiger partial charge in [0.05, 0.1) is 62.8 Å². The lowest BCUT2D eigenvalue weighted by atomic mass is 9.97. The standard InChI is InChI=1S/C30H35N7O5.C26H27N7O5/c1-30(2,3)42-29(39)19-8-10-21(11-9-19)32-27(38)20-7-6-15-36(18-20)25-17-22(26-31-14-16-37(26)35-25)33-24-13-12-23(40-4)28(34-24)41-5;1-37-20-9-10-21(30-25(20)38-2)29-19-14-22(31-33-13-11-27-23(19)33)32-12-3-4-17(15-32)24(34)28-18-7-5-16(6-8-18)26(35)36/h8-14,16-17,20H,6-7,15,18H2,1-5H3,(H,32,38)(H,33,34);5-11,13-14,17H,3-4,12,15H2,1-2H3,(H,28,34)(H,29,30)(H,35,36). The second kappa shape index (κ2) is 24.3. The summed E-state index contributed by atoms with van der Waals surface area (Å²) in [5, 5.41) is 31.1. The second-order valence-electron chi connectivity index (χ2n) is 19.8. The Hall–Kier alpha value is -9.74. The number of piperidine rings is 2. The van der Waals surface area contributed by atoms with Crippen LogP contribution in [0.1, 0.15) is 67.2 Å². The van der Waals surface area contributed by atoms with Crippen molar-refractivity contribution in [2.45, 2.75) is 52.1 Å². The Morgan fingerprint density at radius 3 is 1.43 bits per heavy atom. The molecule has 80 heavy (non-hydrogen) atoms. The maximum Gasteiger partial charge on any atom is 0.338 e. The normalized spacial score (nSPS) is 15.2. The van der Waals surface area contributed by atoms with Crippen molar-refractivity contribution in [3.05, 3.63) is 121 Å². The molecule has 2 amide bonds. The number of carboxylic acids is 1. The smallest absolute Gasteiger partial charge is 0.338 e. The van der Waals surface area contributed by atoms with Crippen LogP contribution in [0.4, 0.5) is 46.0 Å². The third kappa shape index (κ3) is 13.1. The van der Waals surface area contributed by atoms with Crippen LogP contribution in [0.2, 0.25) is 0 Å². The van der Waals surface area contributed by atoms with E-state index in [1.54, 1.807) is 109 Å². The summed E-state index contributed by atoms with van der Waals surface area (Å²) < 4.78 is 30.0. The molecule has 24 heteroatoms. The van der Waals surface area contributed by atoms with E-state index in [1.807, 2.05) is 32.9 Å². The third-order valence-corrected chi connectivity index (χ3v) is 13.1. The van der Waals surface area contributed by atoms with Gasteiger partial charge in [-0.2, -0.15) is 9.97 Å². The minimum atomic E-state index is -1.01. The Morgan fingerprint density at radius 1 is 0.588 bits per heavy atom. The zero-order chi connectivity index (χ0) is 56.5. The fourth-order valence-corrected chi connectivity index (χ4v) is 9.18. The zero-order valence-electron chi connectivity index (χ0n) is 45.3. The average Bonchev–Trinajstić information content (AvgIpc) is 4.19. The molecule has 0 aliphatic carbocycles. The number of esters is 1. The van der Waals surface area contributed by atoms with Crippen LogP contribution in [-0.2, 0) is 14.3 Å². The number of aromatic nitrogens is 8. The van der Waals surface area contributed by atoms with Gasteiger partial charge in [-0.3, -0.25) is 9.59 Å². The Morgan fingerprint density at radius 2 is 1.02 bits per heavy atom. The molecule has 2 unspecified atom stereocenters. The van der Waals surface area contributed by atoms with Crippen molar-refractivity contribution >= 4 is 81.1 Å². The van der Waals surface area contributed by atoms with Gasteiger partial charge in [-0.25, -0.2) is 28.6 Å². The fourth-order valence-electron chi connectivity index (χ4n) is 9.18. The Bertz CT molecular complexity index is 3510. The van der Waals surface area contributed by atoms with Gasteiger partial charge in [0.2, 0.25) is 11.8 Å². The highest BCUT2D eigenvalue weighted by Gasteiger charge is 2.30. The van der Waals surface area contributed by atoms with Crippen LogP contribution in [0.15, 0.2) is 110 Å². The van der Waals surface area contributed by atoms with E-state index in [2.05, 4.69) is 51.0 Å². The summed E-state index contributed by atoms with van der Waals surface area (Å²) in [4.78, 5) is 71.6. The molecule has 416 valence electrons. The summed E-state index contributed by atoms with van der Waals surface area (Å²) in [6.07, 6.45) is 10.0. The van der Waals surface area contributed by atoms with Crippen molar-refractivity contribution in [2.75, 3.05) is 85.7 Å². The number of fused-ring (bicyclic) bond motifs is 2. The summed E-state index contributed by atoms with van der Waals surface area (Å²) in [5.41, 5.74) is 3.87. The number of rotatable bonds is 16. The van der Waals surface area contributed by atoms with Crippen LogP contribution in [0, 0.1) is 11.8 Å². The number of hydrogen-bond donors (Lipinski definition) is 5. The number of nitrogens with zero attached hydrogens (tertiary/aromatic N) is 10. The summed E-state index contributed by atoms with van der Waals surface area (Å²) in [6, 6.07) is 23.8. The van der Waals surface area contributed by atoms with Crippen molar-refractivity contribution in [1.82, 2.24) is 39.2 Å². The lowest BCUT2D eigenvalue weighted by Crippen LogP contribution is -2.41. The molecule has 2 aromatic carbocycles. The SMILES string of the molecule is COc1ccc(Nc2cc(N3CCCC(C(=O)Nc4ccc(C(=O)O)cc4)C3)nn3ccnc23)nc1OC.COc1ccc(Nc2cc(N3CCCC(C(=O)Nc4ccc(C(=O)OC(C)(C)C)cc4)C3)nn3ccnc23)nc1OC. The first-order valence-electron chi connectivity index (χ1n) is 25.8. The van der Waals surface area contributed by atoms with E-state index in [-0.39, 0.29) is 29.2 Å². The zero-order valence-corrected chi connectivity index (χ0v) is 45.3. The summed E-state index contributed by atoms with van der Waals surface area (Å²) in [6.45, 7) is 7.96. The number of pyridine rings is 2. The maximum atomic E-state index is 13.2. The minimum Gasteiger partial charge on any atom is -0.491 e. The van der Waals surface area contributed by atoms with Gasteiger partial charge in [0.15, 0.2) is 34.4 Å². The molecular weight excluding hydrogens is 1030 g/mol. The molecule has 0 bridgehead atoms. The molecule has 2 aliphatic rings. The van der Waals surface area contributed by atoms with Crippen LogP contribution < -0.4 is 50.0 Å². The number of carbonyl (C=O) groups is 4. The van der Waals surface area contributed by atoms with Gasteiger partial charge in [-0.05, 0) is 119 Å². The number of amides is 2. The van der Waals surface area contributed by atoms with Crippen molar-refractivity contribution in [3.8, 4) is 23.3 Å². The van der Waals surface area contributed by atoms with Crippen molar-refractivity contribution in [3.63, 3.8) is 0 Å². The number of aromatic carboxylic acids is 1. The molecule has 8 heterocycles. The second-order valence-corrected chi connectivity index (χ2v) is 19.8. The van der Waals surface area contributed by atoms with Crippen molar-refractivity contribution in [2.24, 2.45) is 11.8 Å². The number of methoxy groups -OCH3 is 4. The van der Waals surface area contributed by atoms with Crippen LogP contribution in [0.3, 0.4) is 0 Å². The molecule has 2 atom stereocenters. The number of benzene rings is 2. The summed E-state index contributed by atoms with van der Waals surface area (Å²) >= 11 is 0. The highest BCUT2D eigenvalue weighted by molar-refractivity contribution is 5.95. The lowest BCUT2D eigenvalue weighted by Gasteiger charge is -2.33. The predicted molar refractivity (Wildman–Crippen MR) is 299 cm³/mol. The molecule has 2 fully saturated rings. The topological polar surface area (TPSA) is 275 Å². The van der Waals surface area contributed by atoms with E-state index in [0.29, 0.717) is 99.2 Å². The number of nitrogens with one attached hydrogen (secondary N) is 4. The molecule has 2 aliphatic heterocycles. The van der Waals surface area contributed by atoms with Gasteiger partial charge in [0.1, 0.15) is 17.2 Å². The van der Waals surface area contributed by atoms with E-state index in [9.17, 15) is 19.2 Å². The monoisotopic (exact) mass is 1090 g/mol. The van der Waals surface area contributed by atoms with E-state index in [4.69, 9.17) is 39.0 Å². The largest absolute Gasteiger partial charge is 0.491 e. The molecule has 5 N–H and O–H groups in total. The molecule has 2 saturated heterocycles. The number of hydrogen-bond acceptors (Lipinski definition) is 19. The number of ether oxygens (including phenoxy) is 5. The minimum absolute atomic E-state index is 0.0821. The first-order valence-corrected chi connectivity index (χ1v) is 25.8. The Balaban J connectivity index is 0.000000195. The van der Waals surface area contributed by atoms with Crippen molar-refractivity contribution in [1.29, 1.82) is 0 Å². The number of anilines is 8. The van der Waals surface area contributed by atoms with Gasteiger partial charge in [-0.15, -0.1) is 10.2 Å². The summed E-state index contributed by atoms with van der Waals surface area (Å²) in [7, 11) is 6.18. The van der Waals surface area contributed by atoms with Gasteiger partial charge in [-0.1, -0.05) is 0 Å². The van der Waals surface area contributed by atoms with Crippen LogP contribution >= 0.6 is 0 Å². The fraction of sp³-hybridized carbons (Fsp3) is 0.321. The average molecular weight is 1090 g/mol. The van der Waals surface area contributed by atoms with Crippen LogP contribution in [0.5, 0.6) is 23.3 Å². The predicted octanol–water partition coefficient (Wildman–Crippen LogP) is 8.13. The number of carbonyl (C=O) groups excluding carboxylic acids is 3. The summed E-state index contributed by atoms with van der Waals surface area (Å²) in [5.74, 6) is 2.17. The van der Waals surface area contributed by atoms with Crippen LogP contribution in [-0.4, -0.2) is 128 Å². The quantitative estimate of drug-likeness (QED) is 0.0571. The van der Waals surface area contributed by atoms with E-state index in [0.717, 1.165) is 38.8 Å². The Kier molecular flexibility index (Phi) is 16.7. The van der Waals surface area contributed by atoms with Gasteiger partial charge in [0.25, 0.3) is 11.8 Å². The molecule has 6 aromatic heterocycles. The van der Waals surface area contributed by atoms with Crippen molar-refractivity contribution < 1.29 is 48.0 Å². The van der Waals surface area contributed by atoms with Gasteiger partial charge >= 0.3 is 11.9 Å². The maximum absolute atomic E-state index is 13.2. The van der Waals surface area contributed by atoms with Gasteiger partial charge in [0, 0.05) is 74.5 Å². The highest BCUT2D eigenvalue weighted by atomic mass is 16.6. The first kappa shape index (κ1) is 55.0.